The topological polar surface area (TPSA) is 41.1 Å². The summed E-state index contributed by atoms with van der Waals surface area (Å²) in [7, 11) is 0. The van der Waals surface area contributed by atoms with Crippen molar-refractivity contribution in [2.75, 3.05) is 11.9 Å². The summed E-state index contributed by atoms with van der Waals surface area (Å²) in [6, 6.07) is 1.60. The van der Waals surface area contributed by atoms with E-state index in [2.05, 4.69) is 10.6 Å². The molecule has 0 saturated heterocycles. The van der Waals surface area contributed by atoms with Gasteiger partial charge in [-0.1, -0.05) is 18.5 Å². The van der Waals surface area contributed by atoms with Gasteiger partial charge in [0.1, 0.15) is 5.82 Å². The third kappa shape index (κ3) is 4.23. The van der Waals surface area contributed by atoms with Crippen molar-refractivity contribution in [3.63, 3.8) is 0 Å². The van der Waals surface area contributed by atoms with E-state index in [4.69, 9.17) is 11.6 Å². The van der Waals surface area contributed by atoms with Crippen LogP contribution in [0.4, 0.5) is 14.5 Å². The van der Waals surface area contributed by atoms with Crippen LogP contribution in [0.5, 0.6) is 0 Å². The van der Waals surface area contributed by atoms with Crippen molar-refractivity contribution in [3.8, 4) is 0 Å². The van der Waals surface area contributed by atoms with Gasteiger partial charge in [-0.25, -0.2) is 8.78 Å². The summed E-state index contributed by atoms with van der Waals surface area (Å²) in [5, 5.41) is 5.24. The van der Waals surface area contributed by atoms with E-state index >= 15 is 0 Å². The molecule has 0 radical (unpaired) electrons. The zero-order valence-electron chi connectivity index (χ0n) is 10.2. The first-order valence-electron chi connectivity index (χ1n) is 5.61. The molecule has 1 amide bonds. The minimum atomic E-state index is -0.885. The zero-order chi connectivity index (χ0) is 13.7. The largest absolute Gasteiger partial charge is 0.322 e. The number of anilines is 1. The molecule has 1 rings (SSSR count). The van der Waals surface area contributed by atoms with Crippen LogP contribution < -0.4 is 10.6 Å². The number of hydrogen-bond acceptors (Lipinski definition) is 2. The Balaban J connectivity index is 2.70. The molecule has 0 fully saturated rings. The van der Waals surface area contributed by atoms with E-state index in [0.717, 1.165) is 12.6 Å². The lowest BCUT2D eigenvalue weighted by Gasteiger charge is -2.13. The van der Waals surface area contributed by atoms with Gasteiger partial charge in [-0.2, -0.15) is 0 Å². The lowest BCUT2D eigenvalue weighted by atomic mass is 10.2. The smallest absolute Gasteiger partial charge is 0.226 e. The van der Waals surface area contributed by atoms with Gasteiger partial charge in [0.05, 0.1) is 10.7 Å². The number of carbonyl (C=O) groups is 1. The number of hydrogen-bond donors (Lipinski definition) is 2. The van der Waals surface area contributed by atoms with Gasteiger partial charge >= 0.3 is 0 Å². The first-order valence-corrected chi connectivity index (χ1v) is 5.99. The van der Waals surface area contributed by atoms with Crippen LogP contribution in [-0.4, -0.2) is 18.5 Å². The molecule has 1 unspecified atom stereocenters. The van der Waals surface area contributed by atoms with E-state index in [-0.39, 0.29) is 29.1 Å². The molecule has 2 N–H and O–H groups in total. The second-order valence-corrected chi connectivity index (χ2v) is 4.36. The SMILES string of the molecule is CCNC(C)CC(=O)Nc1c(F)cc(F)cc1Cl. The first-order chi connectivity index (χ1) is 8.43. The molecule has 18 heavy (non-hydrogen) atoms. The quantitative estimate of drug-likeness (QED) is 0.868. The summed E-state index contributed by atoms with van der Waals surface area (Å²) in [4.78, 5) is 11.6. The molecule has 6 heteroatoms. The summed E-state index contributed by atoms with van der Waals surface area (Å²) in [5.74, 6) is -2.04. The molecule has 0 spiro atoms. The number of amides is 1. The highest BCUT2D eigenvalue weighted by atomic mass is 35.5. The maximum atomic E-state index is 13.4. The van der Waals surface area contributed by atoms with E-state index in [1.165, 1.54) is 0 Å². The summed E-state index contributed by atoms with van der Waals surface area (Å²) < 4.78 is 26.2. The third-order valence-corrected chi connectivity index (χ3v) is 2.61. The first kappa shape index (κ1) is 14.9. The second kappa shape index (κ2) is 6.66. The number of rotatable bonds is 5. The summed E-state index contributed by atoms with van der Waals surface area (Å²) in [5.41, 5.74) is -0.188. The molecule has 0 heterocycles. The average Bonchev–Trinajstić information content (AvgIpc) is 2.23. The molecule has 0 aliphatic rings. The highest BCUT2D eigenvalue weighted by Gasteiger charge is 2.14. The number of halogens is 3. The van der Waals surface area contributed by atoms with Crippen molar-refractivity contribution in [1.82, 2.24) is 5.32 Å². The minimum absolute atomic E-state index is 0.0303. The van der Waals surface area contributed by atoms with Gasteiger partial charge in [0.2, 0.25) is 5.91 Å². The number of carbonyl (C=O) groups excluding carboxylic acids is 1. The average molecular weight is 277 g/mol. The van der Waals surface area contributed by atoms with E-state index in [9.17, 15) is 13.6 Å². The molecule has 100 valence electrons. The van der Waals surface area contributed by atoms with Crippen LogP contribution in [0, 0.1) is 11.6 Å². The van der Waals surface area contributed by atoms with Crippen LogP contribution in [0.3, 0.4) is 0 Å². The normalized spacial score (nSPS) is 12.3. The fourth-order valence-electron chi connectivity index (χ4n) is 1.55. The number of nitrogens with one attached hydrogen (secondary N) is 2. The van der Waals surface area contributed by atoms with Crippen molar-refractivity contribution in [1.29, 1.82) is 0 Å². The maximum Gasteiger partial charge on any atom is 0.226 e. The second-order valence-electron chi connectivity index (χ2n) is 3.96. The van der Waals surface area contributed by atoms with E-state index in [0.29, 0.717) is 6.07 Å². The Morgan fingerprint density at radius 1 is 1.44 bits per heavy atom. The van der Waals surface area contributed by atoms with Gasteiger partial charge in [0, 0.05) is 18.5 Å². The molecule has 0 aliphatic heterocycles. The standard InChI is InChI=1S/C12H15ClF2N2O/c1-3-16-7(2)4-11(18)17-12-9(13)5-8(14)6-10(12)15/h5-7,16H,3-4H2,1-2H3,(H,17,18). The van der Waals surface area contributed by atoms with Crippen LogP contribution in [0.1, 0.15) is 20.3 Å². The molecule has 0 aromatic heterocycles. The molecule has 0 saturated carbocycles. The van der Waals surface area contributed by atoms with Gasteiger partial charge in [-0.3, -0.25) is 4.79 Å². The fraction of sp³-hybridized carbons (Fsp3) is 0.417. The van der Waals surface area contributed by atoms with E-state index in [1.54, 1.807) is 0 Å². The van der Waals surface area contributed by atoms with Gasteiger partial charge in [0.15, 0.2) is 5.82 Å². The van der Waals surface area contributed by atoms with Crippen molar-refractivity contribution < 1.29 is 13.6 Å². The molecule has 1 atom stereocenters. The van der Waals surface area contributed by atoms with Crippen LogP contribution in [-0.2, 0) is 4.79 Å². The Labute approximate surface area is 110 Å². The fourth-order valence-corrected chi connectivity index (χ4v) is 1.79. The highest BCUT2D eigenvalue weighted by Crippen LogP contribution is 2.26. The summed E-state index contributed by atoms with van der Waals surface area (Å²) >= 11 is 5.67. The molecular weight excluding hydrogens is 262 g/mol. The van der Waals surface area contributed by atoms with Gasteiger partial charge in [0.25, 0.3) is 0 Å². The van der Waals surface area contributed by atoms with Gasteiger partial charge in [-0.15, -0.1) is 0 Å². The van der Waals surface area contributed by atoms with E-state index in [1.807, 2.05) is 13.8 Å². The Bertz CT molecular complexity index is 417. The van der Waals surface area contributed by atoms with Crippen molar-refractivity contribution in [3.05, 3.63) is 28.8 Å². The molecular formula is C12H15ClF2N2O. The van der Waals surface area contributed by atoms with E-state index < -0.39 is 11.6 Å². The minimum Gasteiger partial charge on any atom is -0.322 e. The van der Waals surface area contributed by atoms with Crippen LogP contribution in [0.25, 0.3) is 0 Å². The van der Waals surface area contributed by atoms with Gasteiger partial charge < -0.3 is 10.6 Å². The molecule has 0 aliphatic carbocycles. The van der Waals surface area contributed by atoms with Crippen molar-refractivity contribution in [2.24, 2.45) is 0 Å². The number of benzene rings is 1. The highest BCUT2D eigenvalue weighted by molar-refractivity contribution is 6.33. The Morgan fingerprint density at radius 2 is 2.11 bits per heavy atom. The van der Waals surface area contributed by atoms with Crippen LogP contribution in [0.15, 0.2) is 12.1 Å². The van der Waals surface area contributed by atoms with Crippen molar-refractivity contribution >= 4 is 23.2 Å². The monoisotopic (exact) mass is 276 g/mol. The van der Waals surface area contributed by atoms with Crippen molar-refractivity contribution in [2.45, 2.75) is 26.3 Å². The van der Waals surface area contributed by atoms with Crippen LogP contribution in [0.2, 0.25) is 5.02 Å². The molecule has 1 aromatic carbocycles. The molecule has 3 nitrogen and oxygen atoms in total. The zero-order valence-corrected chi connectivity index (χ0v) is 10.9. The molecule has 1 aromatic rings. The Morgan fingerprint density at radius 3 is 2.67 bits per heavy atom. The molecule has 0 bridgehead atoms. The van der Waals surface area contributed by atoms with Gasteiger partial charge in [-0.05, 0) is 19.5 Å². The van der Waals surface area contributed by atoms with Crippen LogP contribution >= 0.6 is 11.6 Å². The Kier molecular flexibility index (Phi) is 5.50. The predicted octanol–water partition coefficient (Wildman–Crippen LogP) is 2.94. The summed E-state index contributed by atoms with van der Waals surface area (Å²) in [6.07, 6.45) is 0.182. The lowest BCUT2D eigenvalue weighted by molar-refractivity contribution is -0.116. The predicted molar refractivity (Wildman–Crippen MR) is 67.8 cm³/mol. The maximum absolute atomic E-state index is 13.4. The lowest BCUT2D eigenvalue weighted by Crippen LogP contribution is -2.30. The third-order valence-electron chi connectivity index (χ3n) is 2.32. The Hall–Kier alpha value is -1.20. The summed E-state index contributed by atoms with van der Waals surface area (Å²) in [6.45, 7) is 4.50.